The van der Waals surface area contributed by atoms with E-state index in [9.17, 15) is 0 Å². The zero-order chi connectivity index (χ0) is 8.27. The minimum atomic E-state index is -0.200. The van der Waals surface area contributed by atoms with Crippen LogP contribution in [0.3, 0.4) is 0 Å². The minimum Gasteiger partial charge on any atom is -0.504 e. The van der Waals surface area contributed by atoms with Crippen LogP contribution in [0.2, 0.25) is 0 Å². The van der Waals surface area contributed by atoms with Crippen LogP contribution in [0, 0.1) is 0 Å². The highest BCUT2D eigenvalue weighted by molar-refractivity contribution is 5.43. The summed E-state index contributed by atoms with van der Waals surface area (Å²) in [5, 5.41) is 26.4. The van der Waals surface area contributed by atoms with Crippen LogP contribution in [0.5, 0.6) is 11.5 Å². The first-order valence-corrected chi connectivity index (χ1v) is 3.12. The Morgan fingerprint density at radius 1 is 1.27 bits per heavy atom. The molecule has 0 aliphatic heterocycles. The van der Waals surface area contributed by atoms with Gasteiger partial charge in [0.05, 0.1) is 0 Å². The average molecular weight is 155 g/mol. The Morgan fingerprint density at radius 2 is 2.00 bits per heavy atom. The van der Waals surface area contributed by atoms with Crippen molar-refractivity contribution < 1.29 is 15.4 Å². The summed E-state index contributed by atoms with van der Waals surface area (Å²) in [6.07, 6.45) is 0. The van der Waals surface area contributed by atoms with Crippen LogP contribution in [0.15, 0.2) is 18.2 Å². The number of hydrogen-bond donors (Lipinski definition) is 4. The second-order valence-corrected chi connectivity index (χ2v) is 2.12. The summed E-state index contributed by atoms with van der Waals surface area (Å²) in [6, 6.07) is 4.55. The van der Waals surface area contributed by atoms with E-state index in [0.29, 0.717) is 5.56 Å². The Labute approximate surface area is 63.7 Å². The van der Waals surface area contributed by atoms with Crippen LogP contribution in [0.4, 0.5) is 0 Å². The predicted octanol–water partition coefficient (Wildman–Crippen LogP) is 0.577. The van der Waals surface area contributed by atoms with E-state index in [1.54, 1.807) is 12.1 Å². The number of rotatable bonds is 2. The molecule has 0 bridgehead atoms. The smallest absolute Gasteiger partial charge is 0.162 e. The number of benzene rings is 1. The van der Waals surface area contributed by atoms with Crippen molar-refractivity contribution in [1.29, 1.82) is 0 Å². The maximum Gasteiger partial charge on any atom is 0.162 e. The zero-order valence-corrected chi connectivity index (χ0v) is 5.78. The lowest BCUT2D eigenvalue weighted by atomic mass is 10.2. The van der Waals surface area contributed by atoms with E-state index in [4.69, 9.17) is 15.4 Å². The van der Waals surface area contributed by atoms with Gasteiger partial charge in [0.1, 0.15) is 0 Å². The lowest BCUT2D eigenvalue weighted by Gasteiger charge is -2.03. The molecule has 4 heteroatoms. The molecule has 1 aromatic rings. The zero-order valence-electron chi connectivity index (χ0n) is 5.78. The molecule has 0 heterocycles. The number of hydroxylamine groups is 1. The normalized spacial score (nSPS) is 9.91. The first-order valence-electron chi connectivity index (χ1n) is 3.12. The Hall–Kier alpha value is -1.26. The molecule has 4 nitrogen and oxygen atoms in total. The van der Waals surface area contributed by atoms with E-state index in [0.717, 1.165) is 0 Å². The molecule has 0 aromatic heterocycles. The summed E-state index contributed by atoms with van der Waals surface area (Å²) >= 11 is 0. The van der Waals surface area contributed by atoms with E-state index < -0.39 is 0 Å². The van der Waals surface area contributed by atoms with Crippen molar-refractivity contribution in [3.8, 4) is 11.5 Å². The first-order chi connectivity index (χ1) is 5.25. The van der Waals surface area contributed by atoms with Crippen molar-refractivity contribution in [2.75, 3.05) is 0 Å². The molecule has 0 aliphatic rings. The Morgan fingerprint density at radius 3 is 2.64 bits per heavy atom. The number of hydrogen-bond acceptors (Lipinski definition) is 4. The van der Waals surface area contributed by atoms with Crippen LogP contribution < -0.4 is 5.48 Å². The number of nitrogens with one attached hydrogen (secondary N) is 1. The largest absolute Gasteiger partial charge is 0.504 e. The van der Waals surface area contributed by atoms with E-state index in [2.05, 4.69) is 0 Å². The number of phenols is 2. The van der Waals surface area contributed by atoms with E-state index >= 15 is 0 Å². The monoisotopic (exact) mass is 155 g/mol. The van der Waals surface area contributed by atoms with Gasteiger partial charge in [-0.1, -0.05) is 12.1 Å². The number of para-hydroxylation sites is 1. The quantitative estimate of drug-likeness (QED) is 0.372. The summed E-state index contributed by atoms with van der Waals surface area (Å²) in [5.41, 5.74) is 2.33. The average Bonchev–Trinajstić information content (AvgIpc) is 1.99. The highest BCUT2D eigenvalue weighted by atomic mass is 16.5. The Kier molecular flexibility index (Phi) is 2.30. The van der Waals surface area contributed by atoms with Crippen LogP contribution in [0.25, 0.3) is 0 Å². The topological polar surface area (TPSA) is 72.7 Å². The molecule has 0 radical (unpaired) electrons. The van der Waals surface area contributed by atoms with Gasteiger partial charge in [-0.2, -0.15) is 0 Å². The molecule has 4 N–H and O–H groups in total. The first kappa shape index (κ1) is 7.84. The van der Waals surface area contributed by atoms with Crippen molar-refractivity contribution in [2.24, 2.45) is 0 Å². The highest BCUT2D eigenvalue weighted by Gasteiger charge is 2.03. The van der Waals surface area contributed by atoms with Crippen LogP contribution in [-0.4, -0.2) is 15.4 Å². The molecule has 1 aromatic carbocycles. The lowest BCUT2D eigenvalue weighted by Crippen LogP contribution is -2.05. The summed E-state index contributed by atoms with van der Waals surface area (Å²) in [4.78, 5) is 0. The van der Waals surface area contributed by atoms with Gasteiger partial charge < -0.3 is 15.4 Å². The Bertz CT molecular complexity index is 249. The highest BCUT2D eigenvalue weighted by Crippen LogP contribution is 2.27. The molecule has 0 unspecified atom stereocenters. The fraction of sp³-hybridized carbons (Fsp3) is 0.143. The fourth-order valence-electron chi connectivity index (χ4n) is 0.806. The van der Waals surface area contributed by atoms with Crippen molar-refractivity contribution >= 4 is 0 Å². The summed E-state index contributed by atoms with van der Waals surface area (Å²) in [6.45, 7) is 0.111. The fourth-order valence-corrected chi connectivity index (χ4v) is 0.806. The standard InChI is InChI=1S/C7H9NO3/c9-6-3-1-2-5(4-8-11)7(6)10/h1-3,8-11H,4H2. The molecule has 0 atom stereocenters. The van der Waals surface area contributed by atoms with Crippen LogP contribution >= 0.6 is 0 Å². The third kappa shape index (κ3) is 1.60. The second kappa shape index (κ2) is 3.23. The van der Waals surface area contributed by atoms with Crippen molar-refractivity contribution in [3.05, 3.63) is 23.8 Å². The van der Waals surface area contributed by atoms with Gasteiger partial charge in [-0.15, -0.1) is 0 Å². The third-order valence-electron chi connectivity index (χ3n) is 1.37. The maximum absolute atomic E-state index is 9.13. The summed E-state index contributed by atoms with van der Waals surface area (Å²) in [7, 11) is 0. The third-order valence-corrected chi connectivity index (χ3v) is 1.37. The van der Waals surface area contributed by atoms with Gasteiger partial charge in [0.15, 0.2) is 11.5 Å². The van der Waals surface area contributed by atoms with Gasteiger partial charge >= 0.3 is 0 Å². The molecule has 0 amide bonds. The molecule has 0 saturated carbocycles. The van der Waals surface area contributed by atoms with E-state index in [1.807, 2.05) is 5.48 Å². The molecular weight excluding hydrogens is 146 g/mol. The minimum absolute atomic E-state index is 0.111. The molecule has 0 aliphatic carbocycles. The predicted molar refractivity (Wildman–Crippen MR) is 38.4 cm³/mol. The van der Waals surface area contributed by atoms with Crippen LogP contribution in [-0.2, 0) is 6.54 Å². The summed E-state index contributed by atoms with van der Waals surface area (Å²) < 4.78 is 0. The van der Waals surface area contributed by atoms with Crippen molar-refractivity contribution in [3.63, 3.8) is 0 Å². The van der Waals surface area contributed by atoms with Gasteiger partial charge in [0, 0.05) is 12.1 Å². The van der Waals surface area contributed by atoms with Gasteiger partial charge in [-0.3, -0.25) is 0 Å². The lowest BCUT2D eigenvalue weighted by molar-refractivity contribution is 0.160. The van der Waals surface area contributed by atoms with Gasteiger partial charge in [-0.05, 0) is 6.07 Å². The van der Waals surface area contributed by atoms with Gasteiger partial charge in [0.25, 0.3) is 0 Å². The molecule has 0 fully saturated rings. The van der Waals surface area contributed by atoms with E-state index in [1.165, 1.54) is 6.07 Å². The second-order valence-electron chi connectivity index (χ2n) is 2.12. The molecule has 60 valence electrons. The Balaban J connectivity index is 2.96. The number of aromatic hydroxyl groups is 2. The molecule has 0 saturated heterocycles. The van der Waals surface area contributed by atoms with Crippen LogP contribution in [0.1, 0.15) is 5.56 Å². The van der Waals surface area contributed by atoms with Gasteiger partial charge in [0.2, 0.25) is 0 Å². The molecular formula is C7H9NO3. The van der Waals surface area contributed by atoms with Crippen molar-refractivity contribution in [1.82, 2.24) is 5.48 Å². The SMILES string of the molecule is ONCc1cccc(O)c1O. The summed E-state index contributed by atoms with van der Waals surface area (Å²) in [5.74, 6) is -0.383. The maximum atomic E-state index is 9.13. The molecule has 1 rings (SSSR count). The van der Waals surface area contributed by atoms with Gasteiger partial charge in [-0.25, -0.2) is 5.48 Å². The van der Waals surface area contributed by atoms with Crippen molar-refractivity contribution in [2.45, 2.75) is 6.54 Å². The van der Waals surface area contributed by atoms with E-state index in [-0.39, 0.29) is 18.0 Å². The molecule has 0 spiro atoms. The molecule has 11 heavy (non-hydrogen) atoms. The number of phenolic OH excluding ortho intramolecular Hbond substituents is 2.